The molecule has 3 aromatic rings. The van der Waals surface area contributed by atoms with E-state index in [4.69, 9.17) is 17.2 Å². The second kappa shape index (κ2) is 18.3. The van der Waals surface area contributed by atoms with Gasteiger partial charge >= 0.3 is 0 Å². The van der Waals surface area contributed by atoms with Crippen LogP contribution in [0, 0.1) is 5.92 Å². The Morgan fingerprint density at radius 1 is 0.896 bits per heavy atom. The maximum absolute atomic E-state index is 13.5. The summed E-state index contributed by atoms with van der Waals surface area (Å²) in [5.74, 6) is -2.15. The van der Waals surface area contributed by atoms with Gasteiger partial charge in [-0.15, -0.1) is 0 Å². The molecule has 260 valence electrons. The van der Waals surface area contributed by atoms with Crippen LogP contribution in [0.1, 0.15) is 49.0 Å². The highest BCUT2D eigenvalue weighted by molar-refractivity contribution is 7.80. The van der Waals surface area contributed by atoms with Crippen molar-refractivity contribution in [2.24, 2.45) is 23.1 Å². The number of unbranched alkanes of at least 4 members (excludes halogenated alkanes) is 1. The number of hydrogen-bond acceptors (Lipinski definition) is 10. The van der Waals surface area contributed by atoms with Crippen LogP contribution in [0.5, 0.6) is 5.75 Å². The van der Waals surface area contributed by atoms with Crippen LogP contribution >= 0.6 is 12.6 Å². The molecule has 2 aromatic carbocycles. The molecule has 5 atom stereocenters. The molecule has 0 saturated heterocycles. The number of amides is 3. The number of nitrogens with two attached hydrogens (primary N) is 3. The number of carbonyl (C=O) groups excluding carboxylic acids is 5. The standard InChI is InChI=1S/C34H47N7O6S/c1-20(2)30(33(46)38-23(18-42)19-48)40-32(45)28(8-5-6-14-35)39-31(44)26(36)16-22-17-41(29-9-4-3-7-25(22)29)34(47)27(37)15-21-10-12-24(43)13-11-21/h3-4,7,9-13,17-18,20,23,26-28,30,43,48H,5-6,8,14-16,19,35-37H2,1-2H3,(H,38,46)(H,39,44)(H,40,45)/t23-,26-,27+,28+,30+/m1/s1. The summed E-state index contributed by atoms with van der Waals surface area (Å²) >= 11 is 4.06. The molecule has 10 N–H and O–H groups in total. The van der Waals surface area contributed by atoms with E-state index in [0.717, 1.165) is 10.9 Å². The predicted octanol–water partition coefficient (Wildman–Crippen LogP) is 0.795. The summed E-state index contributed by atoms with van der Waals surface area (Å²) in [7, 11) is 0. The first kappa shape index (κ1) is 38.2. The lowest BCUT2D eigenvalue weighted by atomic mass is 10.0. The van der Waals surface area contributed by atoms with Gasteiger partial charge in [0.15, 0.2) is 0 Å². The number of aromatic hydroxyl groups is 1. The number of hydrogen-bond donors (Lipinski definition) is 8. The number of fused-ring (bicyclic) bond motifs is 1. The van der Waals surface area contributed by atoms with Crippen LogP contribution in [0.4, 0.5) is 0 Å². The number of rotatable bonds is 18. The number of phenolic OH excluding ortho intramolecular Hbond substituents is 1. The largest absolute Gasteiger partial charge is 0.508 e. The Hall–Kier alpha value is -4.24. The Morgan fingerprint density at radius 3 is 2.21 bits per heavy atom. The molecule has 0 radical (unpaired) electrons. The van der Waals surface area contributed by atoms with Crippen molar-refractivity contribution < 1.29 is 29.1 Å². The number of phenols is 1. The molecule has 1 heterocycles. The minimum atomic E-state index is -1.08. The first-order chi connectivity index (χ1) is 22.9. The molecule has 0 spiro atoms. The van der Waals surface area contributed by atoms with Crippen LogP contribution in [0.2, 0.25) is 0 Å². The molecular formula is C34H47N7O6S. The highest BCUT2D eigenvalue weighted by atomic mass is 32.1. The Balaban J connectivity index is 1.76. The van der Waals surface area contributed by atoms with Crippen molar-refractivity contribution in [1.29, 1.82) is 0 Å². The van der Waals surface area contributed by atoms with Crippen LogP contribution in [-0.4, -0.2) is 82.1 Å². The number of para-hydroxylation sites is 1. The molecule has 0 saturated carbocycles. The van der Waals surface area contributed by atoms with Crippen LogP contribution in [-0.2, 0) is 32.0 Å². The molecule has 0 aliphatic carbocycles. The van der Waals surface area contributed by atoms with Crippen LogP contribution in [0.25, 0.3) is 10.9 Å². The van der Waals surface area contributed by atoms with E-state index >= 15 is 0 Å². The summed E-state index contributed by atoms with van der Waals surface area (Å²) in [5.41, 5.74) is 20.4. The van der Waals surface area contributed by atoms with E-state index < -0.39 is 47.9 Å². The van der Waals surface area contributed by atoms with E-state index in [1.165, 1.54) is 16.7 Å². The fourth-order valence-corrected chi connectivity index (χ4v) is 5.48. The van der Waals surface area contributed by atoms with Crippen molar-refractivity contribution in [3.63, 3.8) is 0 Å². The molecule has 0 fully saturated rings. The Labute approximate surface area is 285 Å². The summed E-state index contributed by atoms with van der Waals surface area (Å²) in [6, 6.07) is 8.94. The molecule has 3 amide bonds. The van der Waals surface area contributed by atoms with E-state index in [9.17, 15) is 29.1 Å². The average molecular weight is 682 g/mol. The Bertz CT molecular complexity index is 1560. The molecule has 1 aromatic heterocycles. The van der Waals surface area contributed by atoms with Crippen molar-refractivity contribution in [2.45, 2.75) is 76.2 Å². The van der Waals surface area contributed by atoms with E-state index in [-0.39, 0.29) is 42.6 Å². The number of aromatic nitrogens is 1. The van der Waals surface area contributed by atoms with Gasteiger partial charge in [-0.2, -0.15) is 12.6 Å². The zero-order valence-corrected chi connectivity index (χ0v) is 28.2. The average Bonchev–Trinajstić information content (AvgIpc) is 3.43. The maximum atomic E-state index is 13.5. The third-order valence-corrected chi connectivity index (χ3v) is 8.43. The molecule has 48 heavy (non-hydrogen) atoms. The van der Waals surface area contributed by atoms with Crippen molar-refractivity contribution in [2.75, 3.05) is 12.3 Å². The van der Waals surface area contributed by atoms with Gasteiger partial charge in [-0.1, -0.05) is 44.2 Å². The zero-order valence-electron chi connectivity index (χ0n) is 27.3. The maximum Gasteiger partial charge on any atom is 0.248 e. The molecule has 13 nitrogen and oxygen atoms in total. The summed E-state index contributed by atoms with van der Waals surface area (Å²) in [5, 5.41) is 18.3. The van der Waals surface area contributed by atoms with Crippen LogP contribution in [0.3, 0.4) is 0 Å². The van der Waals surface area contributed by atoms with Crippen molar-refractivity contribution in [3.8, 4) is 5.75 Å². The zero-order chi connectivity index (χ0) is 35.4. The van der Waals surface area contributed by atoms with Crippen LogP contribution < -0.4 is 33.2 Å². The SMILES string of the molecule is CC(C)[C@H](NC(=O)[C@H](CCCCN)NC(=O)[C@H](N)Cc1cn(C(=O)[C@@H](N)Cc2ccc(O)cc2)c2ccccc12)C(=O)N[C@H](C=O)CS. The van der Waals surface area contributed by atoms with E-state index in [2.05, 4.69) is 28.6 Å². The summed E-state index contributed by atoms with van der Waals surface area (Å²) in [6.07, 6.45) is 3.93. The minimum absolute atomic E-state index is 0.0603. The summed E-state index contributed by atoms with van der Waals surface area (Å²) in [6.45, 7) is 3.90. The van der Waals surface area contributed by atoms with Crippen molar-refractivity contribution >= 4 is 53.4 Å². The van der Waals surface area contributed by atoms with Gasteiger partial charge in [-0.25, -0.2) is 0 Å². The monoisotopic (exact) mass is 681 g/mol. The Morgan fingerprint density at radius 2 is 1.58 bits per heavy atom. The second-order valence-electron chi connectivity index (χ2n) is 12.2. The van der Waals surface area contributed by atoms with Crippen molar-refractivity contribution in [3.05, 3.63) is 65.9 Å². The smallest absolute Gasteiger partial charge is 0.248 e. The Kier molecular flexibility index (Phi) is 14.6. The van der Waals surface area contributed by atoms with Gasteiger partial charge in [0.1, 0.15) is 24.1 Å². The van der Waals surface area contributed by atoms with Crippen LogP contribution in [0.15, 0.2) is 54.7 Å². The third kappa shape index (κ3) is 10.4. The molecule has 0 aliphatic heterocycles. The lowest BCUT2D eigenvalue weighted by Crippen LogP contribution is -2.58. The lowest BCUT2D eigenvalue weighted by molar-refractivity contribution is -0.133. The highest BCUT2D eigenvalue weighted by Crippen LogP contribution is 2.23. The van der Waals surface area contributed by atoms with Gasteiger partial charge in [-0.05, 0) is 73.9 Å². The fraction of sp³-hybridized carbons (Fsp3) is 0.441. The van der Waals surface area contributed by atoms with Crippen molar-refractivity contribution in [1.82, 2.24) is 20.5 Å². The second-order valence-corrected chi connectivity index (χ2v) is 12.5. The highest BCUT2D eigenvalue weighted by Gasteiger charge is 2.31. The van der Waals surface area contributed by atoms with E-state index in [1.54, 1.807) is 44.3 Å². The first-order valence-corrected chi connectivity index (χ1v) is 16.6. The topological polar surface area (TPSA) is 225 Å². The first-order valence-electron chi connectivity index (χ1n) is 16.0. The quantitative estimate of drug-likeness (QED) is 0.0539. The molecular weight excluding hydrogens is 634 g/mol. The van der Waals surface area contributed by atoms with E-state index in [0.29, 0.717) is 36.8 Å². The number of benzene rings is 2. The molecule has 0 bridgehead atoms. The molecule has 0 unspecified atom stereocenters. The third-order valence-electron chi connectivity index (χ3n) is 8.03. The minimum Gasteiger partial charge on any atom is -0.508 e. The molecule has 0 aliphatic rings. The van der Waals surface area contributed by atoms with Gasteiger partial charge in [0.2, 0.25) is 23.6 Å². The number of aldehydes is 1. The number of nitrogens with zero attached hydrogens (tertiary/aromatic N) is 1. The normalized spacial score (nSPS) is 14.5. The van der Waals surface area contributed by atoms with Gasteiger partial charge in [0.05, 0.1) is 23.6 Å². The van der Waals surface area contributed by atoms with Gasteiger partial charge in [0.25, 0.3) is 0 Å². The van der Waals surface area contributed by atoms with Gasteiger partial charge in [0, 0.05) is 17.3 Å². The number of carbonyl (C=O) groups is 5. The van der Waals surface area contributed by atoms with E-state index in [1.807, 2.05) is 12.1 Å². The predicted molar refractivity (Wildman–Crippen MR) is 187 cm³/mol. The number of nitrogens with one attached hydrogen (secondary N) is 3. The summed E-state index contributed by atoms with van der Waals surface area (Å²) < 4.78 is 1.46. The fourth-order valence-electron chi connectivity index (χ4n) is 5.30. The summed E-state index contributed by atoms with van der Waals surface area (Å²) in [4.78, 5) is 64.4. The molecule has 3 rings (SSSR count). The molecule has 14 heteroatoms. The lowest BCUT2D eigenvalue weighted by Gasteiger charge is -2.26. The van der Waals surface area contributed by atoms with Gasteiger partial charge < -0.3 is 43.1 Å². The van der Waals surface area contributed by atoms with Gasteiger partial charge in [-0.3, -0.25) is 23.7 Å². The number of thiol groups is 1.